The van der Waals surface area contributed by atoms with Crippen molar-refractivity contribution >= 4 is 10.0 Å². The summed E-state index contributed by atoms with van der Waals surface area (Å²) in [4.78, 5) is 0. The van der Waals surface area contributed by atoms with Crippen molar-refractivity contribution in [3.8, 4) is 0 Å². The Morgan fingerprint density at radius 1 is 1.23 bits per heavy atom. The van der Waals surface area contributed by atoms with Gasteiger partial charge in [-0.15, -0.1) is 0 Å². The van der Waals surface area contributed by atoms with E-state index in [1.807, 2.05) is 0 Å². The molecule has 0 aromatic rings. The predicted molar refractivity (Wildman–Crippen MR) is 87.3 cm³/mol. The van der Waals surface area contributed by atoms with Crippen LogP contribution in [-0.4, -0.2) is 56.9 Å². The summed E-state index contributed by atoms with van der Waals surface area (Å²) >= 11 is 0. The highest BCUT2D eigenvalue weighted by Crippen LogP contribution is 2.55. The number of hydrogen-bond donors (Lipinski definition) is 1. The average molecular weight is 330 g/mol. The average Bonchev–Trinajstić information content (AvgIpc) is 2.98. The molecule has 3 aliphatic rings. The van der Waals surface area contributed by atoms with Gasteiger partial charge >= 0.3 is 0 Å². The number of nitrogens with one attached hydrogen (secondary N) is 1. The molecule has 2 saturated carbocycles. The lowest BCUT2D eigenvalue weighted by atomic mass is 9.60. The minimum Gasteiger partial charge on any atom is -0.378 e. The van der Waals surface area contributed by atoms with Crippen LogP contribution in [0.25, 0.3) is 0 Å². The van der Waals surface area contributed by atoms with Crippen molar-refractivity contribution in [2.75, 3.05) is 26.0 Å². The zero-order valence-electron chi connectivity index (χ0n) is 13.9. The summed E-state index contributed by atoms with van der Waals surface area (Å²) < 4.78 is 30.8. The maximum atomic E-state index is 11.6. The van der Waals surface area contributed by atoms with Crippen molar-refractivity contribution in [1.82, 2.24) is 9.62 Å². The van der Waals surface area contributed by atoms with Crippen molar-refractivity contribution in [2.45, 2.75) is 70.1 Å². The standard InChI is InChI=1S/C16H30N2O3S/c1-3-21-15-12-14(16(15)8-4-5-9-16)17-13-6-10-18(11-7-13)22(2,19)20/h13-15,17H,3-12H2,1-2H3/t14-,15-/m0/s1. The third-order valence-corrected chi connectivity index (χ3v) is 7.35. The molecule has 128 valence electrons. The monoisotopic (exact) mass is 330 g/mol. The molecule has 0 aromatic heterocycles. The van der Waals surface area contributed by atoms with Gasteiger partial charge in [-0.1, -0.05) is 12.8 Å². The second-order valence-corrected chi connectivity index (χ2v) is 9.26. The SMILES string of the molecule is CCO[C@H]1C[C@H](NC2CCN(S(C)(=O)=O)CC2)C12CCCC2. The van der Waals surface area contributed by atoms with Gasteiger partial charge in [-0.2, -0.15) is 0 Å². The van der Waals surface area contributed by atoms with E-state index in [0.29, 0.717) is 36.7 Å². The smallest absolute Gasteiger partial charge is 0.211 e. The molecule has 1 heterocycles. The highest BCUT2D eigenvalue weighted by Gasteiger charge is 2.56. The van der Waals surface area contributed by atoms with Gasteiger partial charge in [0.1, 0.15) is 0 Å². The van der Waals surface area contributed by atoms with E-state index in [-0.39, 0.29) is 0 Å². The molecule has 3 fully saturated rings. The van der Waals surface area contributed by atoms with Gasteiger partial charge in [-0.3, -0.25) is 0 Å². The van der Waals surface area contributed by atoms with Crippen molar-refractivity contribution in [3.05, 3.63) is 0 Å². The first kappa shape index (κ1) is 16.7. The lowest BCUT2D eigenvalue weighted by Gasteiger charge is -2.55. The lowest BCUT2D eigenvalue weighted by molar-refractivity contribution is -0.133. The molecule has 0 aromatic carbocycles. The lowest BCUT2D eigenvalue weighted by Crippen LogP contribution is -2.65. The first-order chi connectivity index (χ1) is 10.5. The van der Waals surface area contributed by atoms with Crippen LogP contribution in [-0.2, 0) is 14.8 Å². The van der Waals surface area contributed by atoms with Crippen LogP contribution in [0.4, 0.5) is 0 Å². The van der Waals surface area contributed by atoms with Gasteiger partial charge < -0.3 is 10.1 Å². The van der Waals surface area contributed by atoms with E-state index in [2.05, 4.69) is 12.2 Å². The molecule has 1 saturated heterocycles. The highest BCUT2D eigenvalue weighted by atomic mass is 32.2. The molecule has 0 bridgehead atoms. The fourth-order valence-corrected chi connectivity index (χ4v) is 5.63. The Kier molecular flexibility index (Phi) is 4.84. The van der Waals surface area contributed by atoms with Gasteiger partial charge in [-0.25, -0.2) is 12.7 Å². The number of piperidine rings is 1. The minimum absolute atomic E-state index is 0.365. The van der Waals surface area contributed by atoms with Gasteiger partial charge in [0.05, 0.1) is 12.4 Å². The Bertz CT molecular complexity index is 480. The summed E-state index contributed by atoms with van der Waals surface area (Å²) in [5.41, 5.74) is 0.365. The van der Waals surface area contributed by atoms with Crippen LogP contribution in [0.5, 0.6) is 0 Å². The number of nitrogens with zero attached hydrogens (tertiary/aromatic N) is 1. The highest BCUT2D eigenvalue weighted by molar-refractivity contribution is 7.88. The molecule has 5 nitrogen and oxygen atoms in total. The van der Waals surface area contributed by atoms with Crippen LogP contribution in [0.3, 0.4) is 0 Å². The summed E-state index contributed by atoms with van der Waals surface area (Å²) in [7, 11) is -3.02. The Labute approximate surface area is 134 Å². The van der Waals surface area contributed by atoms with Gasteiger partial charge in [-0.05, 0) is 39.0 Å². The summed E-state index contributed by atoms with van der Waals surface area (Å²) in [6.45, 7) is 4.21. The van der Waals surface area contributed by atoms with E-state index in [1.165, 1.54) is 31.9 Å². The molecule has 0 amide bonds. The van der Waals surface area contributed by atoms with Gasteiger partial charge in [0, 0.05) is 37.2 Å². The molecule has 2 aliphatic carbocycles. The summed E-state index contributed by atoms with van der Waals surface area (Å²) in [5.74, 6) is 0. The van der Waals surface area contributed by atoms with E-state index < -0.39 is 10.0 Å². The number of ether oxygens (including phenoxy) is 1. The van der Waals surface area contributed by atoms with Crippen molar-refractivity contribution in [3.63, 3.8) is 0 Å². The molecule has 2 atom stereocenters. The Morgan fingerprint density at radius 2 is 1.86 bits per heavy atom. The summed E-state index contributed by atoms with van der Waals surface area (Å²) in [6.07, 6.45) is 9.97. The van der Waals surface area contributed by atoms with Crippen LogP contribution >= 0.6 is 0 Å². The number of hydrogen-bond acceptors (Lipinski definition) is 4. The zero-order valence-corrected chi connectivity index (χ0v) is 14.7. The molecule has 3 rings (SSSR count). The molecule has 1 N–H and O–H groups in total. The molecule has 6 heteroatoms. The van der Waals surface area contributed by atoms with Crippen molar-refractivity contribution in [2.24, 2.45) is 5.41 Å². The van der Waals surface area contributed by atoms with E-state index in [4.69, 9.17) is 4.74 Å². The zero-order chi connectivity index (χ0) is 15.8. The van der Waals surface area contributed by atoms with Gasteiger partial charge in [0.25, 0.3) is 0 Å². The Balaban J connectivity index is 1.54. The van der Waals surface area contributed by atoms with Crippen LogP contribution < -0.4 is 5.32 Å². The fourth-order valence-electron chi connectivity index (χ4n) is 4.76. The van der Waals surface area contributed by atoms with E-state index in [9.17, 15) is 8.42 Å². The summed E-state index contributed by atoms with van der Waals surface area (Å²) in [5, 5.41) is 3.85. The minimum atomic E-state index is -3.02. The van der Waals surface area contributed by atoms with Gasteiger partial charge in [0.2, 0.25) is 10.0 Å². The Hall–Kier alpha value is -0.170. The number of sulfonamides is 1. The van der Waals surface area contributed by atoms with Crippen LogP contribution in [0.2, 0.25) is 0 Å². The quantitative estimate of drug-likeness (QED) is 0.834. The summed E-state index contributed by atoms with van der Waals surface area (Å²) in [6, 6.07) is 1.03. The van der Waals surface area contributed by atoms with E-state index >= 15 is 0 Å². The van der Waals surface area contributed by atoms with Crippen LogP contribution in [0.15, 0.2) is 0 Å². The first-order valence-corrected chi connectivity index (χ1v) is 10.6. The predicted octanol–water partition coefficient (Wildman–Crippen LogP) is 1.74. The molecular formula is C16H30N2O3S. The fraction of sp³-hybridized carbons (Fsp3) is 1.00. The van der Waals surface area contributed by atoms with E-state index in [1.54, 1.807) is 4.31 Å². The van der Waals surface area contributed by atoms with Crippen LogP contribution in [0.1, 0.15) is 51.9 Å². The maximum absolute atomic E-state index is 11.6. The Morgan fingerprint density at radius 3 is 2.41 bits per heavy atom. The third-order valence-electron chi connectivity index (χ3n) is 6.05. The number of rotatable bonds is 5. The normalized spacial score (nSPS) is 33.2. The van der Waals surface area contributed by atoms with Crippen LogP contribution in [0, 0.1) is 5.41 Å². The van der Waals surface area contributed by atoms with E-state index in [0.717, 1.165) is 25.9 Å². The molecule has 0 unspecified atom stereocenters. The molecule has 0 radical (unpaired) electrons. The largest absolute Gasteiger partial charge is 0.378 e. The van der Waals surface area contributed by atoms with Crippen molar-refractivity contribution < 1.29 is 13.2 Å². The second kappa shape index (κ2) is 6.38. The maximum Gasteiger partial charge on any atom is 0.211 e. The first-order valence-electron chi connectivity index (χ1n) is 8.78. The molecule has 1 aliphatic heterocycles. The third kappa shape index (κ3) is 3.07. The topological polar surface area (TPSA) is 58.6 Å². The molecule has 1 spiro atoms. The van der Waals surface area contributed by atoms with Gasteiger partial charge in [0.15, 0.2) is 0 Å². The van der Waals surface area contributed by atoms with Crippen molar-refractivity contribution in [1.29, 1.82) is 0 Å². The molecular weight excluding hydrogens is 300 g/mol. The molecule has 22 heavy (non-hydrogen) atoms. The second-order valence-electron chi connectivity index (χ2n) is 7.28.